The molecule has 2 aromatic carbocycles. The summed E-state index contributed by atoms with van der Waals surface area (Å²) in [5.74, 6) is -0.904. The molecular weight excluding hydrogens is 590 g/mol. The molecular formula is C35H49N3O8. The zero-order chi connectivity index (χ0) is 34.0. The van der Waals surface area contributed by atoms with Crippen molar-refractivity contribution in [3.8, 4) is 0 Å². The highest BCUT2D eigenvalue weighted by atomic mass is 16.7. The molecule has 2 aromatic rings. The number of urea groups is 1. The molecule has 0 spiro atoms. The molecule has 3 rings (SSSR count). The van der Waals surface area contributed by atoms with Crippen molar-refractivity contribution < 1.29 is 39.2 Å². The first-order chi connectivity index (χ1) is 21.8. The van der Waals surface area contributed by atoms with E-state index in [0.29, 0.717) is 29.6 Å². The van der Waals surface area contributed by atoms with Gasteiger partial charge in [-0.2, -0.15) is 0 Å². The van der Waals surface area contributed by atoms with Crippen LogP contribution in [0.5, 0.6) is 0 Å². The normalized spacial score (nSPS) is 18.5. The van der Waals surface area contributed by atoms with Gasteiger partial charge in [-0.1, -0.05) is 58.4 Å². The number of benzene rings is 2. The molecule has 46 heavy (non-hydrogen) atoms. The minimum Gasteiger partial charge on any atom is -0.428 e. The molecule has 0 aromatic heterocycles. The van der Waals surface area contributed by atoms with Gasteiger partial charge in [-0.15, -0.1) is 0 Å². The monoisotopic (exact) mass is 639 g/mol. The number of ether oxygens (including phenoxy) is 2. The first-order valence-corrected chi connectivity index (χ1v) is 15.9. The summed E-state index contributed by atoms with van der Waals surface area (Å²) in [6.07, 6.45) is -2.55. The van der Waals surface area contributed by atoms with Gasteiger partial charge in [-0.25, -0.2) is 9.59 Å². The van der Waals surface area contributed by atoms with Gasteiger partial charge in [0.25, 0.3) is 0 Å². The SMILES string of the molecule is CCC(CC(=O)OCOC(=O)C1=C[C@H](O)[C@@H](O)[C@@H](O)C1)c1ccc(N(CC(C)C)CC(C)C)c(NC(=O)Nc2ccc(C)cc2)c1. The number of aryl methyl sites for hydroxylation is 1. The van der Waals surface area contributed by atoms with Crippen molar-refractivity contribution >= 4 is 35.0 Å². The molecule has 11 nitrogen and oxygen atoms in total. The summed E-state index contributed by atoms with van der Waals surface area (Å²) in [7, 11) is 0. The van der Waals surface area contributed by atoms with Crippen LogP contribution in [0.3, 0.4) is 0 Å². The highest BCUT2D eigenvalue weighted by Gasteiger charge is 2.32. The topological polar surface area (TPSA) is 158 Å². The zero-order valence-corrected chi connectivity index (χ0v) is 27.7. The summed E-state index contributed by atoms with van der Waals surface area (Å²) < 4.78 is 10.2. The second kappa shape index (κ2) is 17.1. The second-order valence-electron chi connectivity index (χ2n) is 12.7. The zero-order valence-electron chi connectivity index (χ0n) is 27.7. The summed E-state index contributed by atoms with van der Waals surface area (Å²) in [6.45, 7) is 13.5. The first-order valence-electron chi connectivity index (χ1n) is 15.9. The summed E-state index contributed by atoms with van der Waals surface area (Å²) in [6, 6.07) is 13.0. The van der Waals surface area contributed by atoms with Crippen molar-refractivity contribution in [3.05, 3.63) is 65.2 Å². The molecule has 0 heterocycles. The number of carbonyl (C=O) groups excluding carboxylic acids is 3. The maximum Gasteiger partial charge on any atom is 0.336 e. The maximum absolute atomic E-state index is 13.2. The predicted octanol–water partition coefficient (Wildman–Crippen LogP) is 5.10. The Labute approximate surface area is 271 Å². The Morgan fingerprint density at radius 2 is 1.59 bits per heavy atom. The van der Waals surface area contributed by atoms with Crippen molar-refractivity contribution in [2.45, 2.75) is 85.0 Å². The number of aliphatic hydroxyl groups excluding tert-OH is 3. The fourth-order valence-corrected chi connectivity index (χ4v) is 5.35. The number of hydrogen-bond donors (Lipinski definition) is 5. The molecule has 0 aliphatic heterocycles. The molecule has 0 fully saturated rings. The largest absolute Gasteiger partial charge is 0.428 e. The molecule has 1 aliphatic rings. The first kappa shape index (κ1) is 36.5. The van der Waals surface area contributed by atoms with Crippen LogP contribution in [0.25, 0.3) is 0 Å². The summed E-state index contributed by atoms with van der Waals surface area (Å²) >= 11 is 0. The number of aliphatic hydroxyl groups is 3. The second-order valence-corrected chi connectivity index (χ2v) is 12.7. The van der Waals surface area contributed by atoms with E-state index >= 15 is 0 Å². The molecule has 0 saturated carbocycles. The Balaban J connectivity index is 1.74. The molecule has 0 saturated heterocycles. The average molecular weight is 640 g/mol. The lowest BCUT2D eigenvalue weighted by Crippen LogP contribution is -2.41. The lowest BCUT2D eigenvalue weighted by molar-refractivity contribution is -0.165. The molecule has 11 heteroatoms. The van der Waals surface area contributed by atoms with Crippen LogP contribution in [0.15, 0.2) is 54.1 Å². The Bertz CT molecular complexity index is 1350. The van der Waals surface area contributed by atoms with Crippen molar-refractivity contribution in [1.29, 1.82) is 0 Å². The van der Waals surface area contributed by atoms with E-state index in [1.807, 2.05) is 56.3 Å². The van der Waals surface area contributed by atoms with Crippen LogP contribution < -0.4 is 15.5 Å². The Hall–Kier alpha value is -3.93. The number of rotatable bonds is 14. The fraction of sp³-hybridized carbons (Fsp3) is 0.514. The molecule has 0 radical (unpaired) electrons. The van der Waals surface area contributed by atoms with E-state index in [-0.39, 0.29) is 30.4 Å². The van der Waals surface area contributed by atoms with Crippen LogP contribution in [-0.4, -0.2) is 71.5 Å². The van der Waals surface area contributed by atoms with E-state index in [1.165, 1.54) is 0 Å². The van der Waals surface area contributed by atoms with Gasteiger partial charge < -0.3 is 40.3 Å². The quantitative estimate of drug-likeness (QED) is 0.140. The van der Waals surface area contributed by atoms with Crippen molar-refractivity contribution in [2.24, 2.45) is 11.8 Å². The number of carbonyl (C=O) groups is 3. The minimum absolute atomic E-state index is 0.0103. The Kier molecular flexibility index (Phi) is 13.6. The van der Waals surface area contributed by atoms with Crippen LogP contribution in [0, 0.1) is 18.8 Å². The fourth-order valence-electron chi connectivity index (χ4n) is 5.35. The van der Waals surface area contributed by atoms with E-state index in [1.54, 1.807) is 0 Å². The van der Waals surface area contributed by atoms with E-state index < -0.39 is 37.0 Å². The van der Waals surface area contributed by atoms with Crippen LogP contribution >= 0.6 is 0 Å². The molecule has 1 unspecified atom stereocenters. The molecule has 2 amide bonds. The van der Waals surface area contributed by atoms with E-state index in [0.717, 1.165) is 36.0 Å². The van der Waals surface area contributed by atoms with Crippen LogP contribution in [0.4, 0.5) is 21.9 Å². The number of esters is 2. The third kappa shape index (κ3) is 10.9. The van der Waals surface area contributed by atoms with Gasteiger partial charge in [0.15, 0.2) is 0 Å². The van der Waals surface area contributed by atoms with Crippen molar-refractivity contribution in [1.82, 2.24) is 0 Å². The number of hydrogen-bond acceptors (Lipinski definition) is 9. The summed E-state index contributed by atoms with van der Waals surface area (Å²) in [5.41, 5.74) is 4.09. The molecule has 5 N–H and O–H groups in total. The van der Waals surface area contributed by atoms with Gasteiger partial charge in [-0.3, -0.25) is 4.79 Å². The van der Waals surface area contributed by atoms with Crippen LogP contribution in [0.2, 0.25) is 0 Å². The maximum atomic E-state index is 13.2. The lowest BCUT2D eigenvalue weighted by Gasteiger charge is -2.31. The van der Waals surface area contributed by atoms with Crippen LogP contribution in [0.1, 0.15) is 70.9 Å². The number of anilines is 3. The molecule has 252 valence electrons. The smallest absolute Gasteiger partial charge is 0.336 e. The highest BCUT2D eigenvalue weighted by Crippen LogP contribution is 2.34. The van der Waals surface area contributed by atoms with Gasteiger partial charge >= 0.3 is 18.0 Å². The number of amides is 2. The number of nitrogens with one attached hydrogen (secondary N) is 2. The third-order valence-corrected chi connectivity index (χ3v) is 7.68. The lowest BCUT2D eigenvalue weighted by atomic mass is 9.92. The van der Waals surface area contributed by atoms with Crippen molar-refractivity contribution in [3.63, 3.8) is 0 Å². The van der Waals surface area contributed by atoms with E-state index in [2.05, 4.69) is 43.2 Å². The average Bonchev–Trinajstić information content (AvgIpc) is 2.98. The van der Waals surface area contributed by atoms with Gasteiger partial charge in [0, 0.05) is 30.8 Å². The van der Waals surface area contributed by atoms with E-state index in [4.69, 9.17) is 9.47 Å². The molecule has 0 bridgehead atoms. The molecule has 4 atom stereocenters. The summed E-state index contributed by atoms with van der Waals surface area (Å²) in [5, 5.41) is 35.2. The highest BCUT2D eigenvalue weighted by molar-refractivity contribution is 6.02. The summed E-state index contributed by atoms with van der Waals surface area (Å²) in [4.78, 5) is 40.5. The van der Waals surface area contributed by atoms with Gasteiger partial charge in [0.1, 0.15) is 12.2 Å². The van der Waals surface area contributed by atoms with E-state index in [9.17, 15) is 29.7 Å². The predicted molar refractivity (Wildman–Crippen MR) is 178 cm³/mol. The molecule has 1 aliphatic carbocycles. The van der Waals surface area contributed by atoms with Gasteiger partial charge in [0.05, 0.1) is 23.9 Å². The van der Waals surface area contributed by atoms with Crippen LogP contribution in [-0.2, 0) is 19.1 Å². The standard InChI is InChI=1S/C35H49N3O8/c1-7-24(17-32(41)45-20-46-34(43)26-15-30(39)33(42)31(40)16-26)25-10-13-29(38(18-21(2)3)19-22(4)5)28(14-25)37-35(44)36-27-11-8-23(6)9-12-27/h8-15,21-22,24,30-31,33,39-40,42H,7,16-20H2,1-6H3,(H2,36,37,44)/t24?,30-,31-,33+/m0/s1. The van der Waals surface area contributed by atoms with Crippen molar-refractivity contribution in [2.75, 3.05) is 35.4 Å². The Morgan fingerprint density at radius 3 is 2.17 bits per heavy atom. The van der Waals surface area contributed by atoms with Gasteiger partial charge in [-0.05, 0) is 67.0 Å². The Morgan fingerprint density at radius 1 is 0.935 bits per heavy atom. The minimum atomic E-state index is -1.40. The third-order valence-electron chi connectivity index (χ3n) is 7.68. The van der Waals surface area contributed by atoms with Gasteiger partial charge in [0.2, 0.25) is 6.79 Å². The number of nitrogens with zero attached hydrogens (tertiary/aromatic N) is 1.